The molecule has 1 aromatic rings. The summed E-state index contributed by atoms with van der Waals surface area (Å²) >= 11 is 3.41. The molecule has 0 atom stereocenters. The summed E-state index contributed by atoms with van der Waals surface area (Å²) in [6, 6.07) is 5.83. The van der Waals surface area contributed by atoms with Crippen molar-refractivity contribution in [2.45, 2.75) is 6.92 Å². The van der Waals surface area contributed by atoms with Crippen molar-refractivity contribution < 1.29 is 4.74 Å². The molecule has 0 amide bonds. The fraction of sp³-hybridized carbons (Fsp3) is 0.273. The van der Waals surface area contributed by atoms with Crippen molar-refractivity contribution in [2.75, 3.05) is 19.0 Å². The average Bonchev–Trinajstić information content (AvgIpc) is 2.17. The summed E-state index contributed by atoms with van der Waals surface area (Å²) in [5, 5.41) is 3.18. The van der Waals surface area contributed by atoms with E-state index in [0.29, 0.717) is 6.54 Å². The van der Waals surface area contributed by atoms with Gasteiger partial charge in [0, 0.05) is 16.2 Å². The van der Waals surface area contributed by atoms with E-state index < -0.39 is 0 Å². The first kappa shape index (κ1) is 10.9. The van der Waals surface area contributed by atoms with Gasteiger partial charge in [-0.1, -0.05) is 21.9 Å². The maximum absolute atomic E-state index is 5.14. The van der Waals surface area contributed by atoms with Gasteiger partial charge in [-0.15, -0.1) is 5.92 Å². The van der Waals surface area contributed by atoms with Crippen LogP contribution in [0.15, 0.2) is 22.7 Å². The van der Waals surface area contributed by atoms with Gasteiger partial charge in [-0.05, 0) is 19.1 Å². The van der Waals surface area contributed by atoms with Gasteiger partial charge >= 0.3 is 0 Å². The lowest BCUT2D eigenvalue weighted by Gasteiger charge is -2.06. The van der Waals surface area contributed by atoms with Gasteiger partial charge in [0.05, 0.1) is 13.7 Å². The predicted molar refractivity (Wildman–Crippen MR) is 62.6 cm³/mol. The zero-order chi connectivity index (χ0) is 10.4. The summed E-state index contributed by atoms with van der Waals surface area (Å²) < 4.78 is 6.13. The fourth-order valence-corrected chi connectivity index (χ4v) is 1.49. The molecule has 0 aliphatic carbocycles. The summed E-state index contributed by atoms with van der Waals surface area (Å²) in [6.07, 6.45) is 0. The van der Waals surface area contributed by atoms with E-state index in [9.17, 15) is 0 Å². The van der Waals surface area contributed by atoms with Crippen molar-refractivity contribution in [3.05, 3.63) is 22.7 Å². The largest absolute Gasteiger partial charge is 0.497 e. The first-order valence-corrected chi connectivity index (χ1v) is 5.03. The van der Waals surface area contributed by atoms with Gasteiger partial charge in [-0.2, -0.15) is 0 Å². The second-order valence-corrected chi connectivity index (χ2v) is 3.58. The van der Waals surface area contributed by atoms with Crippen molar-refractivity contribution in [3.63, 3.8) is 0 Å². The number of halogens is 1. The van der Waals surface area contributed by atoms with Gasteiger partial charge in [0.2, 0.25) is 0 Å². The maximum atomic E-state index is 5.14. The third-order valence-corrected chi connectivity index (χ3v) is 2.12. The molecule has 1 N–H and O–H groups in total. The van der Waals surface area contributed by atoms with Crippen molar-refractivity contribution in [1.82, 2.24) is 0 Å². The standard InChI is InChI=1S/C11H12BrNO/c1-3-4-5-13-10-6-9(12)7-11(8-10)14-2/h6-8,13H,5H2,1-2H3. The highest BCUT2D eigenvalue weighted by atomic mass is 79.9. The summed E-state index contributed by atoms with van der Waals surface area (Å²) in [5.74, 6) is 6.59. The average molecular weight is 254 g/mol. The molecule has 0 saturated heterocycles. The first-order chi connectivity index (χ1) is 6.76. The van der Waals surface area contributed by atoms with Crippen LogP contribution in [0.2, 0.25) is 0 Å². The van der Waals surface area contributed by atoms with E-state index in [4.69, 9.17) is 4.74 Å². The molecule has 0 heterocycles. The Morgan fingerprint density at radius 2 is 2.21 bits per heavy atom. The second kappa shape index (κ2) is 5.56. The highest BCUT2D eigenvalue weighted by Gasteiger charge is 1.97. The van der Waals surface area contributed by atoms with E-state index in [1.165, 1.54) is 0 Å². The molecular formula is C11H12BrNO. The molecule has 0 bridgehead atoms. The number of benzene rings is 1. The summed E-state index contributed by atoms with van der Waals surface area (Å²) in [6.45, 7) is 2.47. The van der Waals surface area contributed by atoms with Gasteiger partial charge in [-0.3, -0.25) is 0 Å². The van der Waals surface area contributed by atoms with Gasteiger partial charge in [0.15, 0.2) is 0 Å². The van der Waals surface area contributed by atoms with Crippen LogP contribution in [0, 0.1) is 11.8 Å². The molecule has 0 aliphatic rings. The zero-order valence-corrected chi connectivity index (χ0v) is 9.81. The molecule has 3 heteroatoms. The number of rotatable bonds is 3. The number of hydrogen-bond acceptors (Lipinski definition) is 2. The van der Waals surface area contributed by atoms with Crippen LogP contribution in [0.3, 0.4) is 0 Å². The quantitative estimate of drug-likeness (QED) is 0.837. The minimum absolute atomic E-state index is 0.649. The van der Waals surface area contributed by atoms with Crippen LogP contribution in [0.1, 0.15) is 6.92 Å². The van der Waals surface area contributed by atoms with E-state index in [1.54, 1.807) is 7.11 Å². The summed E-state index contributed by atoms with van der Waals surface area (Å²) in [4.78, 5) is 0. The van der Waals surface area contributed by atoms with E-state index in [1.807, 2.05) is 25.1 Å². The van der Waals surface area contributed by atoms with Crippen LogP contribution in [0.5, 0.6) is 5.75 Å². The lowest BCUT2D eigenvalue weighted by Crippen LogP contribution is -1.98. The Kier molecular flexibility index (Phi) is 4.34. The van der Waals surface area contributed by atoms with Gasteiger partial charge < -0.3 is 10.1 Å². The maximum Gasteiger partial charge on any atom is 0.122 e. The first-order valence-electron chi connectivity index (χ1n) is 4.24. The van der Waals surface area contributed by atoms with Crippen molar-refractivity contribution in [1.29, 1.82) is 0 Å². The molecule has 1 aromatic carbocycles. The van der Waals surface area contributed by atoms with Gasteiger partial charge in [-0.25, -0.2) is 0 Å². The van der Waals surface area contributed by atoms with Crippen LogP contribution in [-0.2, 0) is 0 Å². The molecule has 2 nitrogen and oxygen atoms in total. The molecule has 0 saturated carbocycles. The molecule has 0 spiro atoms. The minimum Gasteiger partial charge on any atom is -0.497 e. The second-order valence-electron chi connectivity index (χ2n) is 2.66. The Balaban J connectivity index is 2.74. The van der Waals surface area contributed by atoms with E-state index >= 15 is 0 Å². The third-order valence-electron chi connectivity index (χ3n) is 1.66. The Labute approximate surface area is 92.8 Å². The highest BCUT2D eigenvalue weighted by molar-refractivity contribution is 9.10. The van der Waals surface area contributed by atoms with Gasteiger partial charge in [0.1, 0.15) is 5.75 Å². The van der Waals surface area contributed by atoms with Crippen LogP contribution < -0.4 is 10.1 Å². The van der Waals surface area contributed by atoms with Crippen molar-refractivity contribution in [2.24, 2.45) is 0 Å². The van der Waals surface area contributed by atoms with Crippen LogP contribution >= 0.6 is 15.9 Å². The van der Waals surface area contributed by atoms with E-state index in [0.717, 1.165) is 15.9 Å². The molecule has 1 rings (SSSR count). The molecule has 0 fully saturated rings. The number of nitrogens with one attached hydrogen (secondary N) is 1. The van der Waals surface area contributed by atoms with E-state index in [2.05, 4.69) is 33.1 Å². The number of ether oxygens (including phenoxy) is 1. The number of methoxy groups -OCH3 is 1. The van der Waals surface area contributed by atoms with Gasteiger partial charge in [0.25, 0.3) is 0 Å². The summed E-state index contributed by atoms with van der Waals surface area (Å²) in [5.41, 5.74) is 0.999. The topological polar surface area (TPSA) is 21.3 Å². The fourth-order valence-electron chi connectivity index (χ4n) is 1.02. The number of anilines is 1. The molecule has 0 aromatic heterocycles. The third kappa shape index (κ3) is 3.31. The molecule has 0 radical (unpaired) electrons. The smallest absolute Gasteiger partial charge is 0.122 e. The highest BCUT2D eigenvalue weighted by Crippen LogP contribution is 2.24. The lowest BCUT2D eigenvalue weighted by molar-refractivity contribution is 0.414. The Morgan fingerprint density at radius 1 is 1.43 bits per heavy atom. The molecule has 14 heavy (non-hydrogen) atoms. The lowest BCUT2D eigenvalue weighted by atomic mass is 10.3. The predicted octanol–water partition coefficient (Wildman–Crippen LogP) is 2.89. The SMILES string of the molecule is CC#CCNc1cc(Br)cc(OC)c1. The van der Waals surface area contributed by atoms with Crippen molar-refractivity contribution in [3.8, 4) is 17.6 Å². The van der Waals surface area contributed by atoms with Crippen LogP contribution in [0.25, 0.3) is 0 Å². The Hall–Kier alpha value is -1.14. The normalized spacial score (nSPS) is 8.79. The van der Waals surface area contributed by atoms with Crippen molar-refractivity contribution >= 4 is 21.6 Å². The monoisotopic (exact) mass is 253 g/mol. The molecule has 0 aliphatic heterocycles. The van der Waals surface area contributed by atoms with Crippen LogP contribution in [-0.4, -0.2) is 13.7 Å². The van der Waals surface area contributed by atoms with E-state index in [-0.39, 0.29) is 0 Å². The zero-order valence-electron chi connectivity index (χ0n) is 8.23. The number of hydrogen-bond donors (Lipinski definition) is 1. The Morgan fingerprint density at radius 3 is 2.86 bits per heavy atom. The summed E-state index contributed by atoms with van der Waals surface area (Å²) in [7, 11) is 1.65. The molecule has 74 valence electrons. The Bertz CT molecular complexity index is 365. The molecule has 0 unspecified atom stereocenters. The minimum atomic E-state index is 0.649. The molecular weight excluding hydrogens is 242 g/mol. The van der Waals surface area contributed by atoms with Crippen LogP contribution in [0.4, 0.5) is 5.69 Å².